The fourth-order valence-electron chi connectivity index (χ4n) is 2.53. The summed E-state index contributed by atoms with van der Waals surface area (Å²) < 4.78 is 44.0. The van der Waals surface area contributed by atoms with E-state index in [-0.39, 0.29) is 11.5 Å². The molecule has 7 heteroatoms. The number of benzene rings is 2. The predicted molar refractivity (Wildman–Crippen MR) is 101 cm³/mol. The summed E-state index contributed by atoms with van der Waals surface area (Å²) in [6, 6.07) is 10.1. The summed E-state index contributed by atoms with van der Waals surface area (Å²) in [5.74, 6) is 2.04. The Morgan fingerprint density at radius 3 is 2.15 bits per heavy atom. The lowest BCUT2D eigenvalue weighted by atomic mass is 10.1. The molecule has 0 saturated carbocycles. The van der Waals surface area contributed by atoms with Gasteiger partial charge >= 0.3 is 0 Å². The molecule has 0 radical (unpaired) electrons. The van der Waals surface area contributed by atoms with Gasteiger partial charge < -0.3 is 14.2 Å². The maximum absolute atomic E-state index is 12.7. The molecule has 26 heavy (non-hydrogen) atoms. The largest absolute Gasteiger partial charge is 0.497 e. The summed E-state index contributed by atoms with van der Waals surface area (Å²) >= 11 is 0. The molecule has 0 aliphatic rings. The minimum atomic E-state index is -3.66. The third kappa shape index (κ3) is 4.89. The van der Waals surface area contributed by atoms with E-state index in [0.29, 0.717) is 17.1 Å². The molecule has 0 bridgehead atoms. The number of methoxy groups -OCH3 is 2. The number of nitrogens with one attached hydrogen (secondary N) is 1. The number of sulfonamides is 1. The van der Waals surface area contributed by atoms with Crippen LogP contribution in [0.3, 0.4) is 0 Å². The predicted octanol–water partition coefficient (Wildman–Crippen LogP) is 3.07. The molecular weight excluding hydrogens is 354 g/mol. The summed E-state index contributed by atoms with van der Waals surface area (Å²) in [6.07, 6.45) is 0. The standard InChI is InChI=1S/C19H25NO5S/c1-13-11-19(14(2)10-18(13)24-5)26(21,22)20-15(3)12-25-17-8-6-16(23-4)7-9-17/h6-11,15,20H,12H2,1-5H3/t15-/m0/s1. The summed E-state index contributed by atoms with van der Waals surface area (Å²) in [6.45, 7) is 5.52. The van der Waals surface area contributed by atoms with E-state index < -0.39 is 16.1 Å². The van der Waals surface area contributed by atoms with Crippen molar-refractivity contribution in [2.24, 2.45) is 0 Å². The monoisotopic (exact) mass is 379 g/mol. The Hall–Kier alpha value is -2.25. The molecular formula is C19H25NO5S. The van der Waals surface area contributed by atoms with Crippen molar-refractivity contribution in [3.8, 4) is 17.2 Å². The second kappa shape index (κ2) is 8.42. The zero-order valence-corrected chi connectivity index (χ0v) is 16.5. The highest BCUT2D eigenvalue weighted by Gasteiger charge is 2.21. The Bertz CT molecular complexity index is 847. The fourth-order valence-corrected chi connectivity index (χ4v) is 4.07. The Balaban J connectivity index is 2.05. The first kappa shape index (κ1) is 20.1. The highest BCUT2D eigenvalue weighted by Crippen LogP contribution is 2.25. The van der Waals surface area contributed by atoms with Gasteiger partial charge in [0.25, 0.3) is 0 Å². The Labute approximate surface area is 155 Å². The average Bonchev–Trinajstić information content (AvgIpc) is 2.61. The van der Waals surface area contributed by atoms with Crippen LogP contribution in [0.25, 0.3) is 0 Å². The summed E-state index contributed by atoms with van der Waals surface area (Å²) in [7, 11) is -0.503. The van der Waals surface area contributed by atoms with Crippen LogP contribution < -0.4 is 18.9 Å². The molecule has 0 saturated heterocycles. The normalized spacial score (nSPS) is 12.5. The van der Waals surface area contributed by atoms with Gasteiger partial charge in [-0.15, -0.1) is 0 Å². The maximum atomic E-state index is 12.7. The molecule has 1 N–H and O–H groups in total. The van der Waals surface area contributed by atoms with Crippen LogP contribution in [0.4, 0.5) is 0 Å². The van der Waals surface area contributed by atoms with Gasteiger partial charge in [0.05, 0.1) is 25.2 Å². The quantitative estimate of drug-likeness (QED) is 0.763. The molecule has 0 aromatic heterocycles. The molecule has 2 rings (SSSR count). The van der Waals surface area contributed by atoms with Crippen LogP contribution in [0.15, 0.2) is 41.3 Å². The van der Waals surface area contributed by atoms with Gasteiger partial charge in [0.1, 0.15) is 23.9 Å². The summed E-state index contributed by atoms with van der Waals surface area (Å²) in [5.41, 5.74) is 1.39. The first-order valence-electron chi connectivity index (χ1n) is 8.21. The minimum Gasteiger partial charge on any atom is -0.497 e. The molecule has 0 aliphatic carbocycles. The van der Waals surface area contributed by atoms with Crippen LogP contribution >= 0.6 is 0 Å². The van der Waals surface area contributed by atoms with Crippen molar-refractivity contribution in [3.05, 3.63) is 47.5 Å². The van der Waals surface area contributed by atoms with E-state index in [1.165, 1.54) is 0 Å². The number of aryl methyl sites for hydroxylation is 2. The lowest BCUT2D eigenvalue weighted by molar-refractivity contribution is 0.287. The van der Waals surface area contributed by atoms with Gasteiger partial charge in [0.15, 0.2) is 0 Å². The fraction of sp³-hybridized carbons (Fsp3) is 0.368. The van der Waals surface area contributed by atoms with Crippen molar-refractivity contribution in [3.63, 3.8) is 0 Å². The Kier molecular flexibility index (Phi) is 6.50. The molecule has 0 spiro atoms. The van der Waals surface area contributed by atoms with Crippen molar-refractivity contribution in [1.82, 2.24) is 4.72 Å². The van der Waals surface area contributed by atoms with Crippen LogP contribution in [-0.4, -0.2) is 35.3 Å². The molecule has 2 aromatic rings. The molecule has 0 aliphatic heterocycles. The zero-order valence-electron chi connectivity index (χ0n) is 15.7. The van der Waals surface area contributed by atoms with E-state index >= 15 is 0 Å². The van der Waals surface area contributed by atoms with Crippen molar-refractivity contribution in [2.75, 3.05) is 20.8 Å². The lowest BCUT2D eigenvalue weighted by Gasteiger charge is -2.17. The first-order chi connectivity index (χ1) is 12.3. The number of ether oxygens (including phenoxy) is 3. The topological polar surface area (TPSA) is 73.9 Å². The second-order valence-corrected chi connectivity index (χ2v) is 7.78. The van der Waals surface area contributed by atoms with Crippen molar-refractivity contribution in [1.29, 1.82) is 0 Å². The SMILES string of the molecule is COc1ccc(OC[C@H](C)NS(=O)(=O)c2cc(C)c(OC)cc2C)cc1. The summed E-state index contributed by atoms with van der Waals surface area (Å²) in [5, 5.41) is 0. The molecule has 1 atom stereocenters. The van der Waals surface area contributed by atoms with Gasteiger partial charge in [0, 0.05) is 0 Å². The van der Waals surface area contributed by atoms with Crippen LogP contribution in [0.2, 0.25) is 0 Å². The number of hydrogen-bond acceptors (Lipinski definition) is 5. The third-order valence-corrected chi connectivity index (χ3v) is 5.63. The van der Waals surface area contributed by atoms with Gasteiger partial charge in [0.2, 0.25) is 10.0 Å². The lowest BCUT2D eigenvalue weighted by Crippen LogP contribution is -2.37. The van der Waals surface area contributed by atoms with E-state index in [1.54, 1.807) is 64.5 Å². The van der Waals surface area contributed by atoms with E-state index in [2.05, 4.69) is 4.72 Å². The highest BCUT2D eigenvalue weighted by atomic mass is 32.2. The Morgan fingerprint density at radius 2 is 1.58 bits per heavy atom. The molecule has 6 nitrogen and oxygen atoms in total. The molecule has 0 heterocycles. The molecule has 2 aromatic carbocycles. The smallest absolute Gasteiger partial charge is 0.241 e. The van der Waals surface area contributed by atoms with Gasteiger partial charge in [-0.25, -0.2) is 13.1 Å². The van der Waals surface area contributed by atoms with E-state index in [1.807, 2.05) is 6.92 Å². The maximum Gasteiger partial charge on any atom is 0.241 e. The molecule has 0 amide bonds. The summed E-state index contributed by atoms with van der Waals surface area (Å²) in [4.78, 5) is 0.243. The first-order valence-corrected chi connectivity index (χ1v) is 9.69. The van der Waals surface area contributed by atoms with Crippen LogP contribution in [-0.2, 0) is 10.0 Å². The van der Waals surface area contributed by atoms with E-state index in [0.717, 1.165) is 11.3 Å². The Morgan fingerprint density at radius 1 is 0.962 bits per heavy atom. The third-order valence-electron chi connectivity index (χ3n) is 3.90. The average molecular weight is 379 g/mol. The minimum absolute atomic E-state index is 0.208. The van der Waals surface area contributed by atoms with Crippen molar-refractivity contribution < 1.29 is 22.6 Å². The van der Waals surface area contributed by atoms with Crippen molar-refractivity contribution in [2.45, 2.75) is 31.7 Å². The molecule has 142 valence electrons. The van der Waals surface area contributed by atoms with Crippen LogP contribution in [0.1, 0.15) is 18.1 Å². The second-order valence-electron chi connectivity index (χ2n) is 6.10. The van der Waals surface area contributed by atoms with Gasteiger partial charge in [-0.05, 0) is 68.3 Å². The molecule has 0 unspecified atom stereocenters. The van der Waals surface area contributed by atoms with Gasteiger partial charge in [-0.1, -0.05) is 0 Å². The zero-order chi connectivity index (χ0) is 19.3. The molecule has 0 fully saturated rings. The van der Waals surface area contributed by atoms with Crippen molar-refractivity contribution >= 4 is 10.0 Å². The highest BCUT2D eigenvalue weighted by molar-refractivity contribution is 7.89. The van der Waals surface area contributed by atoms with Gasteiger partial charge in [-0.3, -0.25) is 0 Å². The number of rotatable bonds is 8. The van der Waals surface area contributed by atoms with E-state index in [4.69, 9.17) is 14.2 Å². The van der Waals surface area contributed by atoms with Crippen LogP contribution in [0.5, 0.6) is 17.2 Å². The van der Waals surface area contributed by atoms with E-state index in [9.17, 15) is 8.42 Å². The van der Waals surface area contributed by atoms with Crippen LogP contribution in [0, 0.1) is 13.8 Å². The van der Waals surface area contributed by atoms with Gasteiger partial charge in [-0.2, -0.15) is 0 Å². The number of hydrogen-bond donors (Lipinski definition) is 1.